The van der Waals surface area contributed by atoms with E-state index in [1.807, 2.05) is 0 Å². The second kappa shape index (κ2) is 5.44. The Labute approximate surface area is 78.0 Å². The van der Waals surface area contributed by atoms with Gasteiger partial charge < -0.3 is 15.4 Å². The number of carbonyl (C=O) groups is 1. The molecule has 0 aromatic heterocycles. The molecule has 1 aliphatic heterocycles. The number of terminal acetylenes is 1. The first-order chi connectivity index (χ1) is 6.33. The van der Waals surface area contributed by atoms with Crippen LogP contribution in [0, 0.1) is 12.3 Å². The molecule has 0 aliphatic carbocycles. The van der Waals surface area contributed by atoms with Crippen molar-refractivity contribution in [2.75, 3.05) is 19.8 Å². The molecule has 4 nitrogen and oxygen atoms in total. The van der Waals surface area contributed by atoms with Gasteiger partial charge in [0, 0.05) is 19.6 Å². The van der Waals surface area contributed by atoms with Gasteiger partial charge in [-0.2, -0.15) is 0 Å². The standard InChI is InChI=1S/C9H14N2O2/c1-2-3-5-10-9(12)11-8-4-6-13-7-8/h1,8H,3-7H2,(H2,10,11,12). The molecule has 1 rings (SSSR count). The van der Waals surface area contributed by atoms with Crippen molar-refractivity contribution in [3.63, 3.8) is 0 Å². The van der Waals surface area contributed by atoms with Crippen molar-refractivity contribution >= 4 is 6.03 Å². The van der Waals surface area contributed by atoms with Crippen molar-refractivity contribution in [3.05, 3.63) is 0 Å². The van der Waals surface area contributed by atoms with Gasteiger partial charge in [-0.15, -0.1) is 12.3 Å². The molecule has 1 fully saturated rings. The number of amides is 2. The number of hydrogen-bond acceptors (Lipinski definition) is 2. The molecule has 0 aromatic carbocycles. The maximum Gasteiger partial charge on any atom is 0.315 e. The highest BCUT2D eigenvalue weighted by molar-refractivity contribution is 5.74. The molecular formula is C9H14N2O2. The smallest absolute Gasteiger partial charge is 0.315 e. The largest absolute Gasteiger partial charge is 0.379 e. The number of ether oxygens (including phenoxy) is 1. The van der Waals surface area contributed by atoms with Crippen molar-refractivity contribution in [3.8, 4) is 12.3 Å². The van der Waals surface area contributed by atoms with Crippen LogP contribution in [-0.4, -0.2) is 31.8 Å². The Bertz CT molecular complexity index is 204. The Morgan fingerprint density at radius 2 is 2.54 bits per heavy atom. The van der Waals surface area contributed by atoms with E-state index in [1.165, 1.54) is 0 Å². The third-order valence-corrected chi connectivity index (χ3v) is 1.82. The van der Waals surface area contributed by atoms with Crippen LogP contribution in [0.15, 0.2) is 0 Å². The zero-order valence-electron chi connectivity index (χ0n) is 7.51. The molecule has 2 amide bonds. The molecule has 0 spiro atoms. The van der Waals surface area contributed by atoms with Gasteiger partial charge in [0.2, 0.25) is 0 Å². The summed E-state index contributed by atoms with van der Waals surface area (Å²) in [5, 5.41) is 5.46. The second-order valence-electron chi connectivity index (χ2n) is 2.91. The van der Waals surface area contributed by atoms with Gasteiger partial charge in [-0.25, -0.2) is 4.79 Å². The molecule has 1 atom stereocenters. The van der Waals surface area contributed by atoms with E-state index in [1.54, 1.807) is 0 Å². The molecule has 1 aliphatic rings. The molecule has 72 valence electrons. The fourth-order valence-electron chi connectivity index (χ4n) is 1.13. The minimum Gasteiger partial charge on any atom is -0.379 e. The predicted octanol–water partition coefficient (Wildman–Crippen LogP) is 0.0978. The summed E-state index contributed by atoms with van der Waals surface area (Å²) < 4.78 is 5.11. The SMILES string of the molecule is C#CCCNC(=O)NC1CCOC1. The van der Waals surface area contributed by atoms with Gasteiger partial charge in [-0.1, -0.05) is 0 Å². The molecule has 1 unspecified atom stereocenters. The van der Waals surface area contributed by atoms with Gasteiger partial charge in [0.1, 0.15) is 0 Å². The van der Waals surface area contributed by atoms with Crippen molar-refractivity contribution < 1.29 is 9.53 Å². The molecule has 13 heavy (non-hydrogen) atoms. The monoisotopic (exact) mass is 182 g/mol. The van der Waals surface area contributed by atoms with E-state index in [9.17, 15) is 4.79 Å². The number of hydrogen-bond donors (Lipinski definition) is 2. The third-order valence-electron chi connectivity index (χ3n) is 1.82. The van der Waals surface area contributed by atoms with Crippen LogP contribution in [-0.2, 0) is 4.74 Å². The number of rotatable bonds is 3. The number of nitrogens with one attached hydrogen (secondary N) is 2. The zero-order chi connectivity index (χ0) is 9.52. The van der Waals surface area contributed by atoms with Gasteiger partial charge in [-0.05, 0) is 6.42 Å². The van der Waals surface area contributed by atoms with Gasteiger partial charge in [0.05, 0.1) is 12.6 Å². The fraction of sp³-hybridized carbons (Fsp3) is 0.667. The fourth-order valence-corrected chi connectivity index (χ4v) is 1.13. The summed E-state index contributed by atoms with van der Waals surface area (Å²) in [4.78, 5) is 11.1. The van der Waals surface area contributed by atoms with Crippen molar-refractivity contribution in [2.45, 2.75) is 18.9 Å². The van der Waals surface area contributed by atoms with Gasteiger partial charge in [-0.3, -0.25) is 0 Å². The molecule has 2 N–H and O–H groups in total. The highest BCUT2D eigenvalue weighted by Crippen LogP contribution is 2.02. The van der Waals surface area contributed by atoms with E-state index in [0.29, 0.717) is 19.6 Å². The summed E-state index contributed by atoms with van der Waals surface area (Å²) in [6, 6.07) is -0.00316. The molecule has 0 bridgehead atoms. The summed E-state index contributed by atoms with van der Waals surface area (Å²) in [5.74, 6) is 2.45. The lowest BCUT2D eigenvalue weighted by atomic mass is 10.3. The third kappa shape index (κ3) is 3.81. The maximum atomic E-state index is 11.1. The lowest BCUT2D eigenvalue weighted by Gasteiger charge is -2.10. The molecular weight excluding hydrogens is 168 g/mol. The Morgan fingerprint density at radius 3 is 3.15 bits per heavy atom. The van der Waals surface area contributed by atoms with Crippen LogP contribution < -0.4 is 10.6 Å². The average Bonchev–Trinajstić information content (AvgIpc) is 2.57. The minimum atomic E-state index is -0.161. The molecule has 0 aromatic rings. The molecule has 1 saturated heterocycles. The zero-order valence-corrected chi connectivity index (χ0v) is 7.51. The summed E-state index contributed by atoms with van der Waals surface area (Å²) in [7, 11) is 0. The predicted molar refractivity (Wildman–Crippen MR) is 49.2 cm³/mol. The van der Waals surface area contributed by atoms with Crippen LogP contribution in [0.5, 0.6) is 0 Å². The Balaban J connectivity index is 2.07. The van der Waals surface area contributed by atoms with E-state index in [4.69, 9.17) is 11.2 Å². The van der Waals surface area contributed by atoms with E-state index in [-0.39, 0.29) is 12.1 Å². The lowest BCUT2D eigenvalue weighted by Crippen LogP contribution is -2.42. The van der Waals surface area contributed by atoms with Crippen LogP contribution in [0.25, 0.3) is 0 Å². The second-order valence-corrected chi connectivity index (χ2v) is 2.91. The summed E-state index contributed by atoms with van der Waals surface area (Å²) in [6.45, 7) is 1.87. The van der Waals surface area contributed by atoms with Crippen LogP contribution in [0.1, 0.15) is 12.8 Å². The van der Waals surface area contributed by atoms with Gasteiger partial charge >= 0.3 is 6.03 Å². The van der Waals surface area contributed by atoms with E-state index in [0.717, 1.165) is 13.0 Å². The highest BCUT2D eigenvalue weighted by Gasteiger charge is 2.16. The number of carbonyl (C=O) groups excluding carboxylic acids is 1. The van der Waals surface area contributed by atoms with Crippen molar-refractivity contribution in [2.24, 2.45) is 0 Å². The molecule has 0 saturated carbocycles. The van der Waals surface area contributed by atoms with Gasteiger partial charge in [0.25, 0.3) is 0 Å². The van der Waals surface area contributed by atoms with Crippen LogP contribution in [0.2, 0.25) is 0 Å². The topological polar surface area (TPSA) is 50.4 Å². The highest BCUT2D eigenvalue weighted by atomic mass is 16.5. The van der Waals surface area contributed by atoms with E-state index < -0.39 is 0 Å². The van der Waals surface area contributed by atoms with Crippen LogP contribution in [0.3, 0.4) is 0 Å². The first kappa shape index (κ1) is 9.87. The number of urea groups is 1. The first-order valence-electron chi connectivity index (χ1n) is 4.38. The van der Waals surface area contributed by atoms with Gasteiger partial charge in [0.15, 0.2) is 0 Å². The summed E-state index contributed by atoms with van der Waals surface area (Å²) in [6.07, 6.45) is 6.49. The average molecular weight is 182 g/mol. The summed E-state index contributed by atoms with van der Waals surface area (Å²) >= 11 is 0. The van der Waals surface area contributed by atoms with Crippen molar-refractivity contribution in [1.82, 2.24) is 10.6 Å². The first-order valence-corrected chi connectivity index (χ1v) is 4.38. The maximum absolute atomic E-state index is 11.1. The summed E-state index contributed by atoms with van der Waals surface area (Å²) in [5.41, 5.74) is 0. The minimum absolute atomic E-state index is 0.158. The normalized spacial score (nSPS) is 20.7. The van der Waals surface area contributed by atoms with Crippen LogP contribution in [0.4, 0.5) is 4.79 Å². The molecule has 4 heteroatoms. The Morgan fingerprint density at radius 1 is 1.69 bits per heavy atom. The van der Waals surface area contributed by atoms with E-state index >= 15 is 0 Å². The molecule has 0 radical (unpaired) electrons. The van der Waals surface area contributed by atoms with Crippen molar-refractivity contribution in [1.29, 1.82) is 0 Å². The lowest BCUT2D eigenvalue weighted by molar-refractivity contribution is 0.188. The quantitative estimate of drug-likeness (QED) is 0.480. The van der Waals surface area contributed by atoms with E-state index in [2.05, 4.69) is 16.6 Å². The Kier molecular flexibility index (Phi) is 4.13. The molecule has 1 heterocycles. The Hall–Kier alpha value is -1.21. The van der Waals surface area contributed by atoms with Crippen LogP contribution >= 0.6 is 0 Å².